The highest BCUT2D eigenvalue weighted by atomic mass is 35.5. The second kappa shape index (κ2) is 8.84. The van der Waals surface area contributed by atoms with Crippen molar-refractivity contribution in [2.24, 2.45) is 5.14 Å². The second-order valence-corrected chi connectivity index (χ2v) is 8.52. The topological polar surface area (TPSA) is 98.5 Å². The summed E-state index contributed by atoms with van der Waals surface area (Å²) in [5.41, 5.74) is 0.988. The number of sulfonamides is 1. The SMILES string of the molecule is NS(=O)(=O)c1cc(NC(=O)Cc2cccc(Cl)c2)ccc1Oc1cccc(Cl)c1. The molecule has 0 aromatic heterocycles. The van der Waals surface area contributed by atoms with Gasteiger partial charge in [-0.25, -0.2) is 13.6 Å². The molecular formula is C20H16Cl2N2O4S. The molecule has 1 amide bonds. The normalized spacial score (nSPS) is 11.1. The first kappa shape index (κ1) is 21.1. The van der Waals surface area contributed by atoms with Gasteiger partial charge in [0.05, 0.1) is 6.42 Å². The van der Waals surface area contributed by atoms with Crippen LogP contribution in [0, 0.1) is 0 Å². The van der Waals surface area contributed by atoms with Crippen LogP contribution >= 0.6 is 23.2 Å². The van der Waals surface area contributed by atoms with E-state index in [-0.39, 0.29) is 28.7 Å². The summed E-state index contributed by atoms with van der Waals surface area (Å²) in [5.74, 6) is 0.0268. The fourth-order valence-electron chi connectivity index (χ4n) is 2.59. The van der Waals surface area contributed by atoms with Crippen molar-refractivity contribution < 1.29 is 17.9 Å². The van der Waals surface area contributed by atoms with Gasteiger partial charge in [-0.1, -0.05) is 41.4 Å². The minimum absolute atomic E-state index is 0.0163. The molecule has 6 nitrogen and oxygen atoms in total. The van der Waals surface area contributed by atoms with Crippen LogP contribution < -0.4 is 15.2 Å². The van der Waals surface area contributed by atoms with E-state index in [0.717, 1.165) is 5.56 Å². The molecule has 0 aliphatic rings. The standard InChI is InChI=1S/C20H16Cl2N2O4S/c21-14-4-1-3-13(9-14)10-20(25)24-16-7-8-18(19(12-16)29(23,26)27)28-17-6-2-5-15(22)11-17/h1-9,11-12H,10H2,(H,24,25)(H2,23,26,27). The molecule has 3 rings (SSSR count). The zero-order valence-electron chi connectivity index (χ0n) is 14.9. The Morgan fingerprint density at radius 1 is 0.966 bits per heavy atom. The van der Waals surface area contributed by atoms with Crippen molar-refractivity contribution >= 4 is 44.8 Å². The van der Waals surface area contributed by atoms with Crippen molar-refractivity contribution in [2.75, 3.05) is 5.32 Å². The van der Waals surface area contributed by atoms with Crippen molar-refractivity contribution in [1.29, 1.82) is 0 Å². The molecule has 0 saturated carbocycles. The third kappa shape index (κ3) is 5.95. The van der Waals surface area contributed by atoms with E-state index < -0.39 is 10.0 Å². The van der Waals surface area contributed by atoms with Crippen LogP contribution in [0.15, 0.2) is 71.6 Å². The Kier molecular flexibility index (Phi) is 6.44. The molecule has 0 bridgehead atoms. The van der Waals surface area contributed by atoms with E-state index in [9.17, 15) is 13.2 Å². The van der Waals surface area contributed by atoms with E-state index in [4.69, 9.17) is 33.1 Å². The fraction of sp³-hybridized carbons (Fsp3) is 0.0500. The monoisotopic (exact) mass is 450 g/mol. The molecule has 0 spiro atoms. The molecule has 0 fully saturated rings. The maximum Gasteiger partial charge on any atom is 0.241 e. The van der Waals surface area contributed by atoms with Crippen molar-refractivity contribution in [3.8, 4) is 11.5 Å². The smallest absolute Gasteiger partial charge is 0.241 e. The van der Waals surface area contributed by atoms with Crippen molar-refractivity contribution in [3.05, 3.63) is 82.3 Å². The molecule has 0 unspecified atom stereocenters. The van der Waals surface area contributed by atoms with Gasteiger partial charge in [0.2, 0.25) is 15.9 Å². The van der Waals surface area contributed by atoms with Crippen LogP contribution in [0.25, 0.3) is 0 Å². The van der Waals surface area contributed by atoms with Gasteiger partial charge in [-0.2, -0.15) is 0 Å². The average Bonchev–Trinajstić information content (AvgIpc) is 2.62. The van der Waals surface area contributed by atoms with E-state index >= 15 is 0 Å². The predicted molar refractivity (Wildman–Crippen MR) is 113 cm³/mol. The maximum absolute atomic E-state index is 12.3. The molecule has 9 heteroatoms. The molecule has 0 saturated heterocycles. The number of carbonyl (C=O) groups excluding carboxylic acids is 1. The largest absolute Gasteiger partial charge is 0.456 e. The molecule has 0 aliphatic carbocycles. The lowest BCUT2D eigenvalue weighted by Crippen LogP contribution is -2.17. The lowest BCUT2D eigenvalue weighted by molar-refractivity contribution is -0.115. The summed E-state index contributed by atoms with van der Waals surface area (Å²) in [6.45, 7) is 0. The zero-order chi connectivity index (χ0) is 21.0. The molecule has 3 aromatic carbocycles. The van der Waals surface area contributed by atoms with Crippen LogP contribution in [0.1, 0.15) is 5.56 Å². The number of rotatable bonds is 6. The average molecular weight is 451 g/mol. The van der Waals surface area contributed by atoms with E-state index in [2.05, 4.69) is 5.32 Å². The summed E-state index contributed by atoms with van der Waals surface area (Å²) in [6.07, 6.45) is 0.0754. The molecule has 3 N–H and O–H groups in total. The summed E-state index contributed by atoms with van der Waals surface area (Å²) in [6, 6.07) is 17.6. The van der Waals surface area contributed by atoms with Gasteiger partial charge in [0.15, 0.2) is 0 Å². The zero-order valence-corrected chi connectivity index (χ0v) is 17.3. The number of anilines is 1. The van der Waals surface area contributed by atoms with Crippen molar-refractivity contribution in [1.82, 2.24) is 0 Å². The second-order valence-electron chi connectivity index (χ2n) is 6.12. The van der Waals surface area contributed by atoms with Crippen molar-refractivity contribution in [2.45, 2.75) is 11.3 Å². The van der Waals surface area contributed by atoms with Gasteiger partial charge in [-0.15, -0.1) is 0 Å². The lowest BCUT2D eigenvalue weighted by Gasteiger charge is -2.13. The number of hydrogen-bond donors (Lipinski definition) is 2. The van der Waals surface area contributed by atoms with Gasteiger partial charge in [0.1, 0.15) is 16.4 Å². The van der Waals surface area contributed by atoms with Gasteiger partial charge >= 0.3 is 0 Å². The molecule has 29 heavy (non-hydrogen) atoms. The Morgan fingerprint density at radius 3 is 2.31 bits per heavy atom. The fourth-order valence-corrected chi connectivity index (χ4v) is 3.66. The number of carbonyl (C=O) groups is 1. The number of hydrogen-bond acceptors (Lipinski definition) is 4. The molecular weight excluding hydrogens is 435 g/mol. The number of halogens is 2. The molecule has 0 radical (unpaired) electrons. The molecule has 150 valence electrons. The van der Waals surface area contributed by atoms with Crippen LogP contribution in [0.3, 0.4) is 0 Å². The summed E-state index contributed by atoms with van der Waals surface area (Å²) >= 11 is 11.8. The van der Waals surface area contributed by atoms with Gasteiger partial charge in [0.25, 0.3) is 0 Å². The van der Waals surface area contributed by atoms with E-state index in [0.29, 0.717) is 15.8 Å². The molecule has 0 atom stereocenters. The number of nitrogens with one attached hydrogen (secondary N) is 1. The van der Waals surface area contributed by atoms with Crippen molar-refractivity contribution in [3.63, 3.8) is 0 Å². The maximum atomic E-state index is 12.3. The predicted octanol–water partition coefficient (Wildman–Crippen LogP) is 4.61. The summed E-state index contributed by atoms with van der Waals surface area (Å²) in [4.78, 5) is 12.0. The third-order valence-electron chi connectivity index (χ3n) is 3.81. The summed E-state index contributed by atoms with van der Waals surface area (Å²) in [7, 11) is -4.11. The highest BCUT2D eigenvalue weighted by molar-refractivity contribution is 7.89. The lowest BCUT2D eigenvalue weighted by atomic mass is 10.1. The Labute approximate surface area is 178 Å². The first-order valence-electron chi connectivity index (χ1n) is 8.35. The van der Waals surface area contributed by atoms with Crippen LogP contribution in [0.4, 0.5) is 5.69 Å². The van der Waals surface area contributed by atoms with Gasteiger partial charge < -0.3 is 10.1 Å². The van der Waals surface area contributed by atoms with Gasteiger partial charge in [-0.3, -0.25) is 4.79 Å². The molecule has 0 heterocycles. The number of benzene rings is 3. The van der Waals surface area contributed by atoms with Crippen LogP contribution in [-0.2, 0) is 21.2 Å². The van der Waals surface area contributed by atoms with Crippen LogP contribution in [0.5, 0.6) is 11.5 Å². The van der Waals surface area contributed by atoms with E-state index in [1.165, 1.54) is 24.3 Å². The third-order valence-corrected chi connectivity index (χ3v) is 5.21. The van der Waals surface area contributed by atoms with E-state index in [1.54, 1.807) is 42.5 Å². The highest BCUT2D eigenvalue weighted by Gasteiger charge is 2.18. The Morgan fingerprint density at radius 2 is 1.66 bits per heavy atom. The number of nitrogens with two attached hydrogens (primary N) is 1. The van der Waals surface area contributed by atoms with Crippen LogP contribution in [-0.4, -0.2) is 14.3 Å². The minimum Gasteiger partial charge on any atom is -0.456 e. The molecule has 0 aliphatic heterocycles. The molecule has 3 aromatic rings. The van der Waals surface area contributed by atoms with Gasteiger partial charge in [0, 0.05) is 15.7 Å². The number of ether oxygens (including phenoxy) is 1. The van der Waals surface area contributed by atoms with Gasteiger partial charge in [-0.05, 0) is 54.1 Å². The Bertz CT molecular complexity index is 1170. The minimum atomic E-state index is -4.11. The highest BCUT2D eigenvalue weighted by Crippen LogP contribution is 2.31. The van der Waals surface area contributed by atoms with E-state index in [1.807, 2.05) is 0 Å². The number of amides is 1. The summed E-state index contributed by atoms with van der Waals surface area (Å²) < 4.78 is 29.7. The first-order chi connectivity index (χ1) is 13.7. The Hall–Kier alpha value is -2.58. The quantitative estimate of drug-likeness (QED) is 0.572. The first-order valence-corrected chi connectivity index (χ1v) is 10.7. The number of primary sulfonamides is 1. The summed E-state index contributed by atoms with van der Waals surface area (Å²) in [5, 5.41) is 8.92. The Balaban J connectivity index is 1.82. The van der Waals surface area contributed by atoms with Crippen LogP contribution in [0.2, 0.25) is 10.0 Å².